The van der Waals surface area contributed by atoms with E-state index in [-0.39, 0.29) is 22.9 Å². The Hall–Kier alpha value is -0.310. The highest BCUT2D eigenvalue weighted by molar-refractivity contribution is 8.13. The second kappa shape index (κ2) is 5.69. The van der Waals surface area contributed by atoms with Crippen LogP contribution in [0.5, 0.6) is 0 Å². The van der Waals surface area contributed by atoms with Crippen molar-refractivity contribution in [3.63, 3.8) is 0 Å². The number of carbonyl (C=O) groups excluding carboxylic acids is 2. The van der Waals surface area contributed by atoms with Gasteiger partial charge in [0.05, 0.1) is 0 Å². The standard InChI is InChI=1S/C12H20O2S/c1-8(2)11(13)9-5-4-6-10(7-9)12(14)15-3/h8-10H,4-7H2,1-3H3/t9-,10+/m0/s1. The number of hydrogen-bond donors (Lipinski definition) is 0. The molecule has 0 aromatic rings. The van der Waals surface area contributed by atoms with Gasteiger partial charge in [0.2, 0.25) is 0 Å². The van der Waals surface area contributed by atoms with E-state index < -0.39 is 0 Å². The van der Waals surface area contributed by atoms with E-state index in [1.165, 1.54) is 11.8 Å². The molecule has 0 unspecified atom stereocenters. The average Bonchev–Trinajstić information content (AvgIpc) is 2.27. The van der Waals surface area contributed by atoms with Gasteiger partial charge in [-0.3, -0.25) is 9.59 Å². The van der Waals surface area contributed by atoms with Gasteiger partial charge in [0.1, 0.15) is 5.78 Å². The van der Waals surface area contributed by atoms with E-state index in [9.17, 15) is 9.59 Å². The van der Waals surface area contributed by atoms with Crippen LogP contribution in [0.1, 0.15) is 39.5 Å². The molecule has 0 aromatic heterocycles. The summed E-state index contributed by atoms with van der Waals surface area (Å²) in [5, 5.41) is 0.260. The molecule has 0 spiro atoms. The van der Waals surface area contributed by atoms with Crippen molar-refractivity contribution in [2.75, 3.05) is 6.26 Å². The third-order valence-electron chi connectivity index (χ3n) is 3.18. The number of Topliss-reactive ketones (excluding diaryl/α,β-unsaturated/α-hetero) is 1. The third-order valence-corrected chi connectivity index (χ3v) is 3.92. The first-order valence-electron chi connectivity index (χ1n) is 5.67. The summed E-state index contributed by atoms with van der Waals surface area (Å²) >= 11 is 1.30. The van der Waals surface area contributed by atoms with Crippen LogP contribution in [0.4, 0.5) is 0 Å². The molecular weight excluding hydrogens is 208 g/mol. The lowest BCUT2D eigenvalue weighted by molar-refractivity contribution is -0.128. The second-order valence-electron chi connectivity index (χ2n) is 4.64. The van der Waals surface area contributed by atoms with E-state index in [1.54, 1.807) is 0 Å². The van der Waals surface area contributed by atoms with E-state index >= 15 is 0 Å². The normalized spacial score (nSPS) is 26.7. The molecule has 0 bridgehead atoms. The Morgan fingerprint density at radius 1 is 1.20 bits per heavy atom. The lowest BCUT2D eigenvalue weighted by atomic mass is 9.77. The zero-order valence-corrected chi connectivity index (χ0v) is 10.6. The minimum absolute atomic E-state index is 0.109. The fourth-order valence-electron chi connectivity index (χ4n) is 2.30. The topological polar surface area (TPSA) is 34.1 Å². The van der Waals surface area contributed by atoms with Crippen molar-refractivity contribution in [3.8, 4) is 0 Å². The molecule has 0 radical (unpaired) electrons. The first-order valence-corrected chi connectivity index (χ1v) is 6.90. The molecule has 1 saturated carbocycles. The van der Waals surface area contributed by atoms with Crippen molar-refractivity contribution >= 4 is 22.7 Å². The minimum atomic E-state index is 0.109. The van der Waals surface area contributed by atoms with Crippen molar-refractivity contribution in [2.45, 2.75) is 39.5 Å². The lowest BCUT2D eigenvalue weighted by Crippen LogP contribution is -2.28. The predicted octanol–water partition coefficient (Wildman–Crippen LogP) is 2.91. The molecule has 1 aliphatic carbocycles. The Bertz CT molecular complexity index is 248. The highest BCUT2D eigenvalue weighted by atomic mass is 32.2. The molecule has 0 heterocycles. The molecule has 1 aliphatic rings. The second-order valence-corrected chi connectivity index (χ2v) is 5.45. The Balaban J connectivity index is 2.56. The van der Waals surface area contributed by atoms with E-state index in [0.717, 1.165) is 25.7 Å². The van der Waals surface area contributed by atoms with Crippen LogP contribution < -0.4 is 0 Å². The van der Waals surface area contributed by atoms with Crippen molar-refractivity contribution in [2.24, 2.45) is 17.8 Å². The van der Waals surface area contributed by atoms with Gasteiger partial charge in [-0.1, -0.05) is 32.0 Å². The molecule has 15 heavy (non-hydrogen) atoms. The largest absolute Gasteiger partial charge is 0.299 e. The Labute approximate surface area is 96.2 Å². The summed E-state index contributed by atoms with van der Waals surface area (Å²) in [7, 11) is 0. The van der Waals surface area contributed by atoms with Crippen LogP contribution >= 0.6 is 11.8 Å². The van der Waals surface area contributed by atoms with Crippen molar-refractivity contribution in [1.29, 1.82) is 0 Å². The zero-order chi connectivity index (χ0) is 11.4. The van der Waals surface area contributed by atoms with Crippen molar-refractivity contribution in [3.05, 3.63) is 0 Å². The number of carbonyl (C=O) groups is 2. The van der Waals surface area contributed by atoms with Gasteiger partial charge in [-0.25, -0.2) is 0 Å². The highest BCUT2D eigenvalue weighted by Crippen LogP contribution is 2.33. The lowest BCUT2D eigenvalue weighted by Gasteiger charge is -2.27. The van der Waals surface area contributed by atoms with Gasteiger partial charge in [-0.05, 0) is 25.5 Å². The first kappa shape index (κ1) is 12.8. The summed E-state index contributed by atoms with van der Waals surface area (Å²) in [5.41, 5.74) is 0. The summed E-state index contributed by atoms with van der Waals surface area (Å²) in [4.78, 5) is 23.4. The maximum atomic E-state index is 11.8. The summed E-state index contributed by atoms with van der Waals surface area (Å²) in [6, 6.07) is 0. The van der Waals surface area contributed by atoms with E-state index in [1.807, 2.05) is 20.1 Å². The summed E-state index contributed by atoms with van der Waals surface area (Å²) in [6.07, 6.45) is 5.60. The maximum Gasteiger partial charge on any atom is 0.191 e. The molecule has 0 amide bonds. The van der Waals surface area contributed by atoms with Crippen LogP contribution in [0.15, 0.2) is 0 Å². The Morgan fingerprint density at radius 2 is 1.80 bits per heavy atom. The minimum Gasteiger partial charge on any atom is -0.299 e. The van der Waals surface area contributed by atoms with Gasteiger partial charge in [0, 0.05) is 17.8 Å². The maximum absolute atomic E-state index is 11.8. The number of thioether (sulfide) groups is 1. The van der Waals surface area contributed by atoms with Crippen LogP contribution in [0.25, 0.3) is 0 Å². The van der Waals surface area contributed by atoms with Crippen LogP contribution in [-0.2, 0) is 9.59 Å². The van der Waals surface area contributed by atoms with Gasteiger partial charge in [0.25, 0.3) is 0 Å². The van der Waals surface area contributed by atoms with Gasteiger partial charge < -0.3 is 0 Å². The first-order chi connectivity index (χ1) is 7.06. The summed E-state index contributed by atoms with van der Waals surface area (Å²) in [5.74, 6) is 0.716. The van der Waals surface area contributed by atoms with E-state index in [0.29, 0.717) is 5.78 Å². The fraction of sp³-hybridized carbons (Fsp3) is 0.833. The molecule has 2 nitrogen and oxygen atoms in total. The van der Waals surface area contributed by atoms with Crippen LogP contribution in [0, 0.1) is 17.8 Å². The molecule has 1 rings (SSSR count). The Kier molecular flexibility index (Phi) is 4.84. The summed E-state index contributed by atoms with van der Waals surface area (Å²) in [6.45, 7) is 3.89. The van der Waals surface area contributed by atoms with Gasteiger partial charge >= 0.3 is 0 Å². The average molecular weight is 228 g/mol. The fourth-order valence-corrected chi connectivity index (χ4v) is 2.85. The molecule has 3 heteroatoms. The molecule has 0 aliphatic heterocycles. The van der Waals surface area contributed by atoms with Crippen LogP contribution in [0.3, 0.4) is 0 Å². The van der Waals surface area contributed by atoms with Crippen molar-refractivity contribution < 1.29 is 9.59 Å². The zero-order valence-electron chi connectivity index (χ0n) is 9.79. The number of hydrogen-bond acceptors (Lipinski definition) is 3. The predicted molar refractivity (Wildman–Crippen MR) is 63.8 cm³/mol. The molecule has 0 aromatic carbocycles. The quantitative estimate of drug-likeness (QED) is 0.745. The van der Waals surface area contributed by atoms with E-state index in [4.69, 9.17) is 0 Å². The molecule has 1 fully saturated rings. The van der Waals surface area contributed by atoms with Crippen LogP contribution in [0.2, 0.25) is 0 Å². The monoisotopic (exact) mass is 228 g/mol. The number of rotatable bonds is 3. The summed E-state index contributed by atoms with van der Waals surface area (Å²) < 4.78 is 0. The van der Waals surface area contributed by atoms with Gasteiger partial charge in [-0.15, -0.1) is 0 Å². The molecular formula is C12H20O2S. The van der Waals surface area contributed by atoms with Crippen LogP contribution in [-0.4, -0.2) is 17.2 Å². The molecule has 0 N–H and O–H groups in total. The highest BCUT2D eigenvalue weighted by Gasteiger charge is 2.31. The SMILES string of the molecule is CSC(=O)[C@@H]1CCC[C@H](C(=O)C(C)C)C1. The Morgan fingerprint density at radius 3 is 2.33 bits per heavy atom. The smallest absolute Gasteiger partial charge is 0.191 e. The van der Waals surface area contributed by atoms with E-state index in [2.05, 4.69) is 0 Å². The van der Waals surface area contributed by atoms with Crippen molar-refractivity contribution in [1.82, 2.24) is 0 Å². The van der Waals surface area contributed by atoms with Gasteiger partial charge in [-0.2, -0.15) is 0 Å². The molecule has 0 saturated heterocycles. The molecule has 2 atom stereocenters. The van der Waals surface area contributed by atoms with Gasteiger partial charge in [0.15, 0.2) is 5.12 Å². The number of ketones is 1. The third kappa shape index (κ3) is 3.33. The molecule has 86 valence electrons.